The van der Waals surface area contributed by atoms with Crippen molar-refractivity contribution >= 4 is 17.9 Å². The van der Waals surface area contributed by atoms with E-state index in [9.17, 15) is 4.79 Å². The number of nitrogens with zero attached hydrogens (tertiary/aromatic N) is 3. The van der Waals surface area contributed by atoms with Crippen LogP contribution >= 0.6 is 0 Å². The molecular weight excluding hydrogens is 168 g/mol. The number of aryl methyl sites for hydroxylation is 1. The van der Waals surface area contributed by atoms with Gasteiger partial charge in [-0.25, -0.2) is 4.98 Å². The molecular formula is C8H10N4O. The normalized spacial score (nSPS) is 15.0. The predicted octanol–water partition coefficient (Wildman–Crippen LogP) is 0.539. The second-order valence-corrected chi connectivity index (χ2v) is 2.77. The number of carbonyl (C=O) groups excluding carboxylic acids is 1. The Kier molecular flexibility index (Phi) is 1.84. The maximum absolute atomic E-state index is 11.5. The van der Waals surface area contributed by atoms with E-state index in [0.29, 0.717) is 11.5 Å². The smallest absolute Gasteiger partial charge is 0.204 e. The monoisotopic (exact) mass is 178 g/mol. The van der Waals surface area contributed by atoms with Crippen molar-refractivity contribution in [3.05, 3.63) is 12.0 Å². The van der Waals surface area contributed by atoms with Gasteiger partial charge < -0.3 is 9.88 Å². The summed E-state index contributed by atoms with van der Waals surface area (Å²) in [7, 11) is 0. The minimum Gasteiger partial charge on any atom is -0.330 e. The van der Waals surface area contributed by atoms with E-state index in [2.05, 4.69) is 15.3 Å². The molecule has 0 atom stereocenters. The van der Waals surface area contributed by atoms with Gasteiger partial charge in [-0.3, -0.25) is 9.79 Å². The number of nitrogens with one attached hydrogen (secondary N) is 1. The number of imidazole rings is 1. The number of aliphatic imine (C=N–C) groups is 1. The van der Waals surface area contributed by atoms with Gasteiger partial charge in [0.05, 0.1) is 12.7 Å². The summed E-state index contributed by atoms with van der Waals surface area (Å²) in [6.45, 7) is 2.92. The summed E-state index contributed by atoms with van der Waals surface area (Å²) in [6.07, 6.45) is 3.17. The third-order valence-electron chi connectivity index (χ3n) is 1.97. The van der Waals surface area contributed by atoms with E-state index in [-0.39, 0.29) is 12.3 Å². The van der Waals surface area contributed by atoms with Crippen LogP contribution in [0, 0.1) is 0 Å². The van der Waals surface area contributed by atoms with Crippen molar-refractivity contribution in [2.75, 3.05) is 11.9 Å². The summed E-state index contributed by atoms with van der Waals surface area (Å²) < 4.78 is 1.82. The average molecular weight is 178 g/mol. The fraction of sp³-hybridized carbons (Fsp3) is 0.375. The van der Waals surface area contributed by atoms with E-state index in [4.69, 9.17) is 0 Å². The van der Waals surface area contributed by atoms with Gasteiger partial charge in [-0.15, -0.1) is 0 Å². The van der Waals surface area contributed by atoms with Crippen molar-refractivity contribution in [2.24, 2.45) is 4.99 Å². The first-order chi connectivity index (χ1) is 6.33. The Hall–Kier alpha value is -1.65. The van der Waals surface area contributed by atoms with Gasteiger partial charge >= 0.3 is 0 Å². The van der Waals surface area contributed by atoms with Gasteiger partial charge in [0.15, 0.2) is 5.82 Å². The van der Waals surface area contributed by atoms with Crippen LogP contribution in [0.1, 0.15) is 17.4 Å². The van der Waals surface area contributed by atoms with Crippen LogP contribution in [-0.2, 0) is 6.54 Å². The van der Waals surface area contributed by atoms with E-state index in [1.165, 1.54) is 6.34 Å². The first kappa shape index (κ1) is 7.97. The topological polar surface area (TPSA) is 59.3 Å². The van der Waals surface area contributed by atoms with Gasteiger partial charge in [-0.05, 0) is 6.92 Å². The van der Waals surface area contributed by atoms with E-state index >= 15 is 0 Å². The van der Waals surface area contributed by atoms with Crippen molar-refractivity contribution in [1.29, 1.82) is 0 Å². The Morgan fingerprint density at radius 3 is 3.31 bits per heavy atom. The zero-order chi connectivity index (χ0) is 9.26. The van der Waals surface area contributed by atoms with E-state index in [1.807, 2.05) is 11.5 Å². The van der Waals surface area contributed by atoms with Crippen molar-refractivity contribution < 1.29 is 4.79 Å². The number of rotatable bonds is 1. The summed E-state index contributed by atoms with van der Waals surface area (Å²) in [4.78, 5) is 19.5. The number of fused-ring (bicyclic) bond motifs is 1. The highest BCUT2D eigenvalue weighted by atomic mass is 16.1. The third kappa shape index (κ3) is 1.22. The zero-order valence-electron chi connectivity index (χ0n) is 7.32. The molecule has 1 aromatic heterocycles. The van der Waals surface area contributed by atoms with Gasteiger partial charge in [0.25, 0.3) is 0 Å². The first-order valence-electron chi connectivity index (χ1n) is 4.16. The summed E-state index contributed by atoms with van der Waals surface area (Å²) in [5.74, 6) is 0.615. The summed E-state index contributed by atoms with van der Waals surface area (Å²) in [5, 5.41) is 2.87. The predicted molar refractivity (Wildman–Crippen MR) is 49.2 cm³/mol. The van der Waals surface area contributed by atoms with Crippen LogP contribution in [0.25, 0.3) is 0 Å². The number of anilines is 1. The molecule has 0 fully saturated rings. The second-order valence-electron chi connectivity index (χ2n) is 2.77. The number of hydrogen-bond donors (Lipinski definition) is 1. The largest absolute Gasteiger partial charge is 0.330 e. The summed E-state index contributed by atoms with van der Waals surface area (Å²) in [6, 6.07) is 0. The third-order valence-corrected chi connectivity index (χ3v) is 1.97. The number of aromatic nitrogens is 2. The highest BCUT2D eigenvalue weighted by Crippen LogP contribution is 2.15. The summed E-state index contributed by atoms with van der Waals surface area (Å²) in [5.41, 5.74) is 0.625. The van der Waals surface area contributed by atoms with Gasteiger partial charge in [-0.2, -0.15) is 0 Å². The highest BCUT2D eigenvalue weighted by Gasteiger charge is 2.18. The SMILES string of the molecule is CCn1cnc2c1C(=O)CN=CN2. The van der Waals surface area contributed by atoms with Gasteiger partial charge in [0.1, 0.15) is 12.2 Å². The number of carbonyl (C=O) groups is 1. The quantitative estimate of drug-likeness (QED) is 0.682. The van der Waals surface area contributed by atoms with Crippen molar-refractivity contribution in [2.45, 2.75) is 13.5 Å². The molecule has 0 radical (unpaired) electrons. The van der Waals surface area contributed by atoms with E-state index in [0.717, 1.165) is 6.54 Å². The molecule has 5 heteroatoms. The molecule has 0 saturated carbocycles. The van der Waals surface area contributed by atoms with Gasteiger partial charge in [-0.1, -0.05) is 0 Å². The average Bonchev–Trinajstić information content (AvgIpc) is 2.47. The van der Waals surface area contributed by atoms with E-state index in [1.54, 1.807) is 6.33 Å². The Bertz CT molecular complexity index is 366. The van der Waals surface area contributed by atoms with Crippen LogP contribution in [0.15, 0.2) is 11.3 Å². The van der Waals surface area contributed by atoms with Crippen molar-refractivity contribution in [3.63, 3.8) is 0 Å². The fourth-order valence-corrected chi connectivity index (χ4v) is 1.33. The molecule has 1 aliphatic rings. The Balaban J connectivity index is 2.51. The standard InChI is InChI=1S/C8H10N4O/c1-2-12-5-11-8-7(12)6(13)3-9-4-10-8/h4-5H,2-3H2,1H3,(H,9,10). The Labute approximate surface area is 75.5 Å². The van der Waals surface area contributed by atoms with E-state index < -0.39 is 0 Å². The molecule has 1 aromatic rings. The number of Topliss-reactive ketones (excluding diaryl/α,β-unsaturated/α-hetero) is 1. The van der Waals surface area contributed by atoms with Gasteiger partial charge in [0, 0.05) is 6.54 Å². The van der Waals surface area contributed by atoms with Crippen LogP contribution in [0.3, 0.4) is 0 Å². The van der Waals surface area contributed by atoms with Gasteiger partial charge in [0.2, 0.25) is 5.78 Å². The molecule has 0 amide bonds. The molecule has 0 unspecified atom stereocenters. The van der Waals surface area contributed by atoms with Crippen LogP contribution in [0.2, 0.25) is 0 Å². The molecule has 2 rings (SSSR count). The molecule has 0 aliphatic carbocycles. The minimum absolute atomic E-state index is 0.00981. The number of ketones is 1. The molecule has 68 valence electrons. The number of hydrogen-bond acceptors (Lipinski definition) is 4. The highest BCUT2D eigenvalue weighted by molar-refractivity contribution is 6.04. The second kappa shape index (κ2) is 3.01. The molecule has 0 bridgehead atoms. The minimum atomic E-state index is 0.00981. The fourth-order valence-electron chi connectivity index (χ4n) is 1.33. The van der Waals surface area contributed by atoms with Crippen LogP contribution in [-0.4, -0.2) is 28.2 Å². The molecule has 1 aliphatic heterocycles. The van der Waals surface area contributed by atoms with Crippen LogP contribution in [0.4, 0.5) is 5.82 Å². The molecule has 2 heterocycles. The molecule has 0 aromatic carbocycles. The lowest BCUT2D eigenvalue weighted by Crippen LogP contribution is -2.10. The molecule has 0 saturated heterocycles. The van der Waals surface area contributed by atoms with Crippen LogP contribution < -0.4 is 5.32 Å². The lowest BCUT2D eigenvalue weighted by atomic mass is 10.3. The lowest BCUT2D eigenvalue weighted by Gasteiger charge is -2.02. The maximum Gasteiger partial charge on any atom is 0.204 e. The first-order valence-corrected chi connectivity index (χ1v) is 4.16. The van der Waals surface area contributed by atoms with Crippen LogP contribution in [0.5, 0.6) is 0 Å². The maximum atomic E-state index is 11.5. The molecule has 0 spiro atoms. The zero-order valence-corrected chi connectivity index (χ0v) is 7.32. The Morgan fingerprint density at radius 1 is 1.69 bits per heavy atom. The molecule has 13 heavy (non-hydrogen) atoms. The lowest BCUT2D eigenvalue weighted by molar-refractivity contribution is 0.0995. The van der Waals surface area contributed by atoms with Crippen molar-refractivity contribution in [3.8, 4) is 0 Å². The summed E-state index contributed by atoms with van der Waals surface area (Å²) >= 11 is 0. The van der Waals surface area contributed by atoms with Crippen molar-refractivity contribution in [1.82, 2.24) is 9.55 Å². The molecule has 5 nitrogen and oxygen atoms in total. The molecule has 1 N–H and O–H groups in total. The Morgan fingerprint density at radius 2 is 2.54 bits per heavy atom.